The summed E-state index contributed by atoms with van der Waals surface area (Å²) in [5.41, 5.74) is -1.22. The van der Waals surface area contributed by atoms with Gasteiger partial charge in [-0.1, -0.05) is 88.4 Å². The number of hydrogen-bond donors (Lipinski definition) is 2. The van der Waals surface area contributed by atoms with E-state index < -0.39 is 13.9 Å². The van der Waals surface area contributed by atoms with Crippen molar-refractivity contribution in [2.24, 2.45) is 0 Å². The lowest BCUT2D eigenvalue weighted by Gasteiger charge is -2.44. The van der Waals surface area contributed by atoms with Crippen LogP contribution in [0.2, 0.25) is 5.04 Å². The molecule has 2 aromatic carbocycles. The van der Waals surface area contributed by atoms with Crippen molar-refractivity contribution >= 4 is 18.7 Å². The molecule has 0 fully saturated rings. The van der Waals surface area contributed by atoms with Crippen molar-refractivity contribution in [2.45, 2.75) is 44.8 Å². The molecule has 2 rings (SSSR count). The van der Waals surface area contributed by atoms with Crippen LogP contribution in [0, 0.1) is 0 Å². The molecule has 0 radical (unpaired) electrons. The molecule has 0 aliphatic heterocycles. The van der Waals surface area contributed by atoms with Crippen LogP contribution in [-0.4, -0.2) is 37.3 Å². The first kappa shape index (κ1) is 19.9. The van der Waals surface area contributed by atoms with E-state index in [0.29, 0.717) is 6.42 Å². The van der Waals surface area contributed by atoms with Crippen LogP contribution in [0.5, 0.6) is 0 Å². The molecule has 0 heterocycles. The molecule has 3 nitrogen and oxygen atoms in total. The lowest BCUT2D eigenvalue weighted by molar-refractivity contribution is -0.0521. The van der Waals surface area contributed by atoms with Crippen LogP contribution in [0.25, 0.3) is 0 Å². The van der Waals surface area contributed by atoms with E-state index in [1.807, 2.05) is 43.3 Å². The Morgan fingerprint density at radius 3 is 1.64 bits per heavy atom. The predicted octanol–water partition coefficient (Wildman–Crippen LogP) is 2.70. The van der Waals surface area contributed by atoms with Gasteiger partial charge in [-0.15, -0.1) is 0 Å². The van der Waals surface area contributed by atoms with Crippen LogP contribution >= 0.6 is 0 Å². The molecule has 0 spiro atoms. The molecule has 0 saturated heterocycles. The van der Waals surface area contributed by atoms with Gasteiger partial charge in [-0.2, -0.15) is 0 Å². The topological polar surface area (TPSA) is 49.7 Å². The summed E-state index contributed by atoms with van der Waals surface area (Å²) in [6, 6.07) is 20.6. The molecule has 0 saturated carbocycles. The summed E-state index contributed by atoms with van der Waals surface area (Å²) in [6.45, 7) is 8.27. The Bertz CT molecular complexity index is 606. The monoisotopic (exact) mass is 358 g/mol. The molecule has 0 bridgehead atoms. The van der Waals surface area contributed by atoms with E-state index >= 15 is 0 Å². The summed E-state index contributed by atoms with van der Waals surface area (Å²) in [4.78, 5) is 0. The van der Waals surface area contributed by atoms with Crippen molar-refractivity contribution in [3.63, 3.8) is 0 Å². The van der Waals surface area contributed by atoms with Crippen molar-refractivity contribution in [1.82, 2.24) is 0 Å². The van der Waals surface area contributed by atoms with Gasteiger partial charge < -0.3 is 14.6 Å². The van der Waals surface area contributed by atoms with Crippen molar-refractivity contribution in [2.75, 3.05) is 13.2 Å². The van der Waals surface area contributed by atoms with Crippen molar-refractivity contribution in [1.29, 1.82) is 0 Å². The summed E-state index contributed by atoms with van der Waals surface area (Å²) in [5.74, 6) is 0. The quantitative estimate of drug-likeness (QED) is 0.748. The zero-order valence-electron chi connectivity index (χ0n) is 15.7. The molecule has 0 amide bonds. The van der Waals surface area contributed by atoms with E-state index in [0.717, 1.165) is 0 Å². The molecule has 2 aromatic rings. The molecular weight excluding hydrogens is 328 g/mol. The molecule has 136 valence electrons. The molecule has 0 aliphatic carbocycles. The van der Waals surface area contributed by atoms with Gasteiger partial charge in [0, 0.05) is 0 Å². The molecule has 1 atom stereocenters. The molecule has 0 aromatic heterocycles. The minimum Gasteiger partial charge on any atom is -0.404 e. The Morgan fingerprint density at radius 1 is 0.880 bits per heavy atom. The third-order valence-corrected chi connectivity index (χ3v) is 9.91. The normalized spacial score (nSPS) is 15.0. The van der Waals surface area contributed by atoms with Gasteiger partial charge in [-0.3, -0.25) is 0 Å². The van der Waals surface area contributed by atoms with Crippen LogP contribution in [-0.2, 0) is 4.43 Å². The smallest absolute Gasteiger partial charge is 0.261 e. The standard InChI is InChI=1S/C21H30O3Si/c1-5-21(23,16-22)17-24-25(20(2,3)4,18-12-8-6-9-13-18)19-14-10-7-11-15-19/h6-15,22-23H,5,16-17H2,1-4H3/t21-/m1/s1. The van der Waals surface area contributed by atoms with Crippen LogP contribution in [0.3, 0.4) is 0 Å². The van der Waals surface area contributed by atoms with Gasteiger partial charge in [0.05, 0.1) is 13.2 Å². The summed E-state index contributed by atoms with van der Waals surface area (Å²) < 4.78 is 6.64. The Labute approximate surface area is 152 Å². The third-order valence-electron chi connectivity index (χ3n) is 4.93. The van der Waals surface area contributed by atoms with Gasteiger partial charge in [0.25, 0.3) is 8.32 Å². The van der Waals surface area contributed by atoms with E-state index in [4.69, 9.17) is 4.43 Å². The highest BCUT2D eigenvalue weighted by atomic mass is 28.4. The molecule has 0 unspecified atom stereocenters. The van der Waals surface area contributed by atoms with Gasteiger partial charge in [0.1, 0.15) is 5.60 Å². The summed E-state index contributed by atoms with van der Waals surface area (Å²) in [6.07, 6.45) is 0.446. The second-order valence-electron chi connectivity index (χ2n) is 7.69. The highest BCUT2D eigenvalue weighted by molar-refractivity contribution is 6.99. The highest BCUT2D eigenvalue weighted by Gasteiger charge is 2.51. The van der Waals surface area contributed by atoms with Gasteiger partial charge >= 0.3 is 0 Å². The third kappa shape index (κ3) is 4.03. The first-order chi connectivity index (χ1) is 11.8. The molecule has 4 heteroatoms. The summed E-state index contributed by atoms with van der Waals surface area (Å²) in [5, 5.41) is 22.4. The average molecular weight is 359 g/mol. The highest BCUT2D eigenvalue weighted by Crippen LogP contribution is 2.37. The lowest BCUT2D eigenvalue weighted by atomic mass is 10.0. The first-order valence-electron chi connectivity index (χ1n) is 8.87. The maximum absolute atomic E-state index is 10.6. The second-order valence-corrected chi connectivity index (χ2v) is 12.0. The minimum atomic E-state index is -2.66. The SMILES string of the molecule is CC[C@@](O)(CO)CO[Si](c1ccccc1)(c1ccccc1)C(C)(C)C. The minimum absolute atomic E-state index is 0.118. The molecule has 25 heavy (non-hydrogen) atoms. The first-order valence-corrected chi connectivity index (χ1v) is 10.8. The van der Waals surface area contributed by atoms with E-state index in [1.54, 1.807) is 0 Å². The van der Waals surface area contributed by atoms with Crippen LogP contribution in [0.4, 0.5) is 0 Å². The van der Waals surface area contributed by atoms with Crippen molar-refractivity contribution in [3.05, 3.63) is 60.7 Å². The van der Waals surface area contributed by atoms with Crippen LogP contribution in [0.15, 0.2) is 60.7 Å². The van der Waals surface area contributed by atoms with Crippen LogP contribution < -0.4 is 10.4 Å². The Morgan fingerprint density at radius 2 is 1.32 bits per heavy atom. The summed E-state index contributed by atoms with van der Waals surface area (Å²) >= 11 is 0. The number of benzene rings is 2. The lowest BCUT2D eigenvalue weighted by Crippen LogP contribution is -2.67. The van der Waals surface area contributed by atoms with Gasteiger partial charge in [-0.05, 0) is 21.8 Å². The van der Waals surface area contributed by atoms with E-state index in [9.17, 15) is 10.2 Å². The fraction of sp³-hybridized carbons (Fsp3) is 0.429. The number of aliphatic hydroxyl groups is 2. The van der Waals surface area contributed by atoms with Crippen LogP contribution in [0.1, 0.15) is 34.1 Å². The number of aliphatic hydroxyl groups excluding tert-OH is 1. The fourth-order valence-corrected chi connectivity index (χ4v) is 7.90. The Hall–Kier alpha value is -1.46. The molecule has 2 N–H and O–H groups in total. The number of hydrogen-bond acceptors (Lipinski definition) is 3. The number of rotatable bonds is 7. The van der Waals surface area contributed by atoms with Gasteiger partial charge in [0.2, 0.25) is 0 Å². The van der Waals surface area contributed by atoms with E-state index in [-0.39, 0.29) is 18.3 Å². The van der Waals surface area contributed by atoms with Gasteiger partial charge in [0.15, 0.2) is 0 Å². The van der Waals surface area contributed by atoms with Crippen molar-refractivity contribution in [3.8, 4) is 0 Å². The van der Waals surface area contributed by atoms with Gasteiger partial charge in [-0.25, -0.2) is 0 Å². The molecular formula is C21H30O3Si. The maximum atomic E-state index is 10.6. The predicted molar refractivity (Wildman–Crippen MR) is 106 cm³/mol. The average Bonchev–Trinajstić information content (AvgIpc) is 2.62. The summed E-state index contributed by atoms with van der Waals surface area (Å²) in [7, 11) is -2.66. The second kappa shape index (κ2) is 7.83. The Balaban J connectivity index is 2.61. The van der Waals surface area contributed by atoms with E-state index in [2.05, 4.69) is 45.0 Å². The van der Waals surface area contributed by atoms with Crippen molar-refractivity contribution < 1.29 is 14.6 Å². The largest absolute Gasteiger partial charge is 0.404 e. The fourth-order valence-electron chi connectivity index (χ4n) is 3.26. The zero-order chi connectivity index (χ0) is 18.6. The maximum Gasteiger partial charge on any atom is 0.261 e. The molecule has 0 aliphatic rings. The van der Waals surface area contributed by atoms with E-state index in [1.165, 1.54) is 10.4 Å². The zero-order valence-corrected chi connectivity index (χ0v) is 16.7. The Kier molecular flexibility index (Phi) is 6.22.